The van der Waals surface area contributed by atoms with E-state index in [-0.39, 0.29) is 23.9 Å². The van der Waals surface area contributed by atoms with Crippen molar-refractivity contribution >= 4 is 11.7 Å². The highest BCUT2D eigenvalue weighted by molar-refractivity contribution is 5.76. The van der Waals surface area contributed by atoms with Crippen molar-refractivity contribution in [2.45, 2.75) is 52.6 Å². The average molecular weight is 276 g/mol. The first-order chi connectivity index (χ1) is 9.33. The van der Waals surface area contributed by atoms with Crippen LogP contribution < -0.4 is 11.1 Å². The average Bonchev–Trinajstić information content (AvgIpc) is 2.90. The van der Waals surface area contributed by atoms with E-state index in [1.807, 2.05) is 0 Å². The molecule has 0 aromatic carbocycles. The predicted molar refractivity (Wildman–Crippen MR) is 77.8 cm³/mol. The topological polar surface area (TPSA) is 72.9 Å². The van der Waals surface area contributed by atoms with E-state index in [1.54, 1.807) is 16.9 Å². The second-order valence-electron chi connectivity index (χ2n) is 7.17. The monoisotopic (exact) mass is 276 g/mol. The number of nitrogen functional groups attached to an aromatic ring is 1. The van der Waals surface area contributed by atoms with Crippen molar-refractivity contribution in [1.29, 1.82) is 0 Å². The summed E-state index contributed by atoms with van der Waals surface area (Å²) in [5.41, 5.74) is 6.10. The molecule has 2 saturated carbocycles. The molecule has 0 spiro atoms. The van der Waals surface area contributed by atoms with Gasteiger partial charge in [0.1, 0.15) is 12.4 Å². The molecule has 3 N–H and O–H groups in total. The lowest BCUT2D eigenvalue weighted by atomic mass is 9.69. The Balaban J connectivity index is 1.66. The molecular formula is C15H24N4O. The molecule has 20 heavy (non-hydrogen) atoms. The van der Waals surface area contributed by atoms with Crippen molar-refractivity contribution in [3.05, 3.63) is 12.3 Å². The van der Waals surface area contributed by atoms with Crippen molar-refractivity contribution in [3.63, 3.8) is 0 Å². The third-order valence-corrected chi connectivity index (χ3v) is 6.10. The normalized spacial score (nSPS) is 34.4. The molecule has 3 atom stereocenters. The first-order valence-electron chi connectivity index (χ1n) is 7.41. The highest BCUT2D eigenvalue weighted by Crippen LogP contribution is 2.65. The first-order valence-corrected chi connectivity index (χ1v) is 7.41. The van der Waals surface area contributed by atoms with Crippen LogP contribution in [-0.2, 0) is 11.3 Å². The summed E-state index contributed by atoms with van der Waals surface area (Å²) in [5, 5.41) is 7.28. The van der Waals surface area contributed by atoms with Gasteiger partial charge in [0, 0.05) is 12.2 Å². The van der Waals surface area contributed by atoms with E-state index in [2.05, 4.69) is 31.2 Å². The van der Waals surface area contributed by atoms with Gasteiger partial charge in [-0.15, -0.1) is 0 Å². The van der Waals surface area contributed by atoms with Gasteiger partial charge >= 0.3 is 0 Å². The fourth-order valence-corrected chi connectivity index (χ4v) is 4.27. The van der Waals surface area contributed by atoms with Gasteiger partial charge in [0.15, 0.2) is 0 Å². The quantitative estimate of drug-likeness (QED) is 0.884. The second kappa shape index (κ2) is 4.24. The van der Waals surface area contributed by atoms with E-state index in [9.17, 15) is 4.79 Å². The van der Waals surface area contributed by atoms with Crippen LogP contribution in [0.15, 0.2) is 12.3 Å². The van der Waals surface area contributed by atoms with Gasteiger partial charge in [0.25, 0.3) is 0 Å². The van der Waals surface area contributed by atoms with Gasteiger partial charge in [-0.05, 0) is 42.1 Å². The van der Waals surface area contributed by atoms with Crippen LogP contribution in [-0.4, -0.2) is 21.7 Å². The summed E-state index contributed by atoms with van der Waals surface area (Å²) in [7, 11) is 0. The molecule has 0 aliphatic heterocycles. The molecule has 110 valence electrons. The van der Waals surface area contributed by atoms with E-state index < -0.39 is 0 Å². The van der Waals surface area contributed by atoms with Gasteiger partial charge in [0.05, 0.1) is 0 Å². The van der Waals surface area contributed by atoms with Crippen LogP contribution >= 0.6 is 0 Å². The largest absolute Gasteiger partial charge is 0.382 e. The predicted octanol–water partition coefficient (Wildman–Crippen LogP) is 1.80. The van der Waals surface area contributed by atoms with Crippen LogP contribution in [0.2, 0.25) is 0 Å². The zero-order valence-electron chi connectivity index (χ0n) is 12.5. The van der Waals surface area contributed by atoms with Gasteiger partial charge in [0.2, 0.25) is 5.91 Å². The molecule has 2 fully saturated rings. The van der Waals surface area contributed by atoms with Crippen LogP contribution in [0.1, 0.15) is 40.0 Å². The lowest BCUT2D eigenvalue weighted by molar-refractivity contribution is -0.123. The summed E-state index contributed by atoms with van der Waals surface area (Å²) in [6.45, 7) is 7.28. The van der Waals surface area contributed by atoms with Crippen molar-refractivity contribution in [2.75, 3.05) is 5.73 Å². The fraction of sp³-hybridized carbons (Fsp3) is 0.733. The Hall–Kier alpha value is -1.52. The number of rotatable bonds is 3. The molecule has 0 saturated heterocycles. The van der Waals surface area contributed by atoms with E-state index in [4.69, 9.17) is 5.73 Å². The zero-order valence-corrected chi connectivity index (χ0v) is 12.5. The lowest BCUT2D eigenvalue weighted by Crippen LogP contribution is -2.47. The van der Waals surface area contributed by atoms with Crippen molar-refractivity contribution in [2.24, 2.45) is 16.7 Å². The molecule has 5 heteroatoms. The van der Waals surface area contributed by atoms with Crippen molar-refractivity contribution in [3.8, 4) is 0 Å². The molecule has 1 heterocycles. The number of anilines is 1. The number of nitrogens with one attached hydrogen (secondary N) is 1. The van der Waals surface area contributed by atoms with E-state index in [0.29, 0.717) is 11.2 Å². The number of carbonyl (C=O) groups excluding carboxylic acids is 1. The summed E-state index contributed by atoms with van der Waals surface area (Å²) in [4.78, 5) is 12.2. The van der Waals surface area contributed by atoms with Crippen LogP contribution in [0.4, 0.5) is 5.82 Å². The first kappa shape index (κ1) is 13.5. The molecule has 2 aliphatic rings. The minimum absolute atomic E-state index is 0.0303. The van der Waals surface area contributed by atoms with Gasteiger partial charge < -0.3 is 11.1 Å². The Bertz CT molecular complexity index is 536. The van der Waals surface area contributed by atoms with Crippen molar-refractivity contribution < 1.29 is 4.79 Å². The second-order valence-corrected chi connectivity index (χ2v) is 7.17. The lowest BCUT2D eigenvalue weighted by Gasteiger charge is -2.39. The maximum atomic E-state index is 12.2. The number of hydrogen-bond acceptors (Lipinski definition) is 3. The van der Waals surface area contributed by atoms with Crippen LogP contribution in [0.25, 0.3) is 0 Å². The minimum atomic E-state index is 0.0303. The number of nitrogens with zero attached hydrogens (tertiary/aromatic N) is 2. The van der Waals surface area contributed by atoms with Crippen molar-refractivity contribution in [1.82, 2.24) is 15.1 Å². The van der Waals surface area contributed by atoms with Gasteiger partial charge in [-0.2, -0.15) is 5.10 Å². The number of nitrogens with two attached hydrogens (primary N) is 1. The van der Waals surface area contributed by atoms with Gasteiger partial charge in [-0.1, -0.05) is 20.8 Å². The fourth-order valence-electron chi connectivity index (χ4n) is 4.27. The Morgan fingerprint density at radius 1 is 1.55 bits per heavy atom. The summed E-state index contributed by atoms with van der Waals surface area (Å²) >= 11 is 0. The van der Waals surface area contributed by atoms with Gasteiger partial charge in [-0.25, -0.2) is 0 Å². The molecule has 3 rings (SSSR count). The summed E-state index contributed by atoms with van der Waals surface area (Å²) < 4.78 is 1.59. The number of fused-ring (bicyclic) bond motifs is 2. The standard InChI is InChI=1S/C15H24N4O/c1-14(2)10-4-6-15(14,3)11(8-10)17-13(20)9-19-7-5-12(16)18-19/h5,7,10-11H,4,6,8-9H2,1-3H3,(H2,16,18)(H,17,20). The number of carbonyl (C=O) groups is 1. The maximum absolute atomic E-state index is 12.2. The Morgan fingerprint density at radius 3 is 2.80 bits per heavy atom. The number of aromatic nitrogens is 2. The summed E-state index contributed by atoms with van der Waals surface area (Å²) in [6.07, 6.45) is 5.35. The molecule has 5 nitrogen and oxygen atoms in total. The third-order valence-electron chi connectivity index (χ3n) is 6.10. The third kappa shape index (κ3) is 1.83. The number of hydrogen-bond donors (Lipinski definition) is 2. The Morgan fingerprint density at radius 2 is 2.30 bits per heavy atom. The summed E-state index contributed by atoms with van der Waals surface area (Å²) in [5.74, 6) is 1.21. The van der Waals surface area contributed by atoms with E-state index in [0.717, 1.165) is 12.3 Å². The summed E-state index contributed by atoms with van der Waals surface area (Å²) in [6, 6.07) is 1.99. The maximum Gasteiger partial charge on any atom is 0.241 e. The highest BCUT2D eigenvalue weighted by Gasteiger charge is 2.61. The van der Waals surface area contributed by atoms with Crippen LogP contribution in [0.5, 0.6) is 0 Å². The van der Waals surface area contributed by atoms with Crippen LogP contribution in [0, 0.1) is 16.7 Å². The zero-order chi connectivity index (χ0) is 14.5. The molecular weight excluding hydrogens is 252 g/mol. The molecule has 3 unspecified atom stereocenters. The van der Waals surface area contributed by atoms with E-state index in [1.165, 1.54) is 12.8 Å². The number of amides is 1. The molecule has 1 amide bonds. The highest BCUT2D eigenvalue weighted by atomic mass is 16.2. The Labute approximate surface area is 119 Å². The molecule has 1 aromatic rings. The molecule has 1 aromatic heterocycles. The molecule has 2 bridgehead atoms. The molecule has 0 radical (unpaired) electrons. The SMILES string of the molecule is CC1(C)C2CCC1(C)C(NC(=O)Cn1ccc(N)n1)C2. The minimum Gasteiger partial charge on any atom is -0.382 e. The van der Waals surface area contributed by atoms with Crippen LogP contribution in [0.3, 0.4) is 0 Å². The van der Waals surface area contributed by atoms with E-state index >= 15 is 0 Å². The molecule has 2 aliphatic carbocycles. The Kier molecular flexibility index (Phi) is 2.85. The smallest absolute Gasteiger partial charge is 0.241 e. The van der Waals surface area contributed by atoms with Gasteiger partial charge in [-0.3, -0.25) is 9.48 Å².